The molecule has 1 aliphatic rings. The van der Waals surface area contributed by atoms with Crippen LogP contribution in [0.2, 0.25) is 0 Å². The third-order valence-electron chi connectivity index (χ3n) is 6.72. The molecular weight excluding hydrogens is 440 g/mol. The lowest BCUT2D eigenvalue weighted by molar-refractivity contribution is -0.383. The van der Waals surface area contributed by atoms with E-state index < -0.39 is 0 Å². The van der Waals surface area contributed by atoms with Crippen LogP contribution < -0.4 is 4.90 Å². The number of carbonyl (C=O) groups excluding carboxylic acids is 1. The molecule has 1 aromatic heterocycles. The van der Waals surface area contributed by atoms with Crippen molar-refractivity contribution in [3.05, 3.63) is 112 Å². The average molecular weight is 467 g/mol. The first-order valence-corrected chi connectivity index (χ1v) is 11.8. The van der Waals surface area contributed by atoms with Gasteiger partial charge in [-0.2, -0.15) is 0 Å². The molecule has 7 heteroatoms. The number of amides is 1. The third-order valence-corrected chi connectivity index (χ3v) is 6.72. The number of nitrogens with zero attached hydrogens (tertiary/aromatic N) is 4. The molecule has 35 heavy (non-hydrogen) atoms. The standard InChI is InChI=1S/C28H26N4O3/c33-28(19-24(21-7-3-1-4-8-21)22-9-5-2-6-10-22)31-17-15-30(16-18-31)26-11-12-27(32(34)35)25-20-29-14-13-23(25)26/h1-14,20,24H,15-19H2. The van der Waals surface area contributed by atoms with E-state index in [1.54, 1.807) is 24.5 Å². The summed E-state index contributed by atoms with van der Waals surface area (Å²) in [6.45, 7) is 2.56. The largest absolute Gasteiger partial charge is 0.367 e. The van der Waals surface area contributed by atoms with Gasteiger partial charge >= 0.3 is 0 Å². The van der Waals surface area contributed by atoms with E-state index in [1.807, 2.05) is 47.4 Å². The Labute approximate surface area is 203 Å². The molecule has 0 unspecified atom stereocenters. The number of pyridine rings is 1. The van der Waals surface area contributed by atoms with Crippen molar-refractivity contribution in [3.8, 4) is 0 Å². The van der Waals surface area contributed by atoms with Gasteiger partial charge in [0, 0.05) is 68.1 Å². The summed E-state index contributed by atoms with van der Waals surface area (Å²) >= 11 is 0. The Kier molecular flexibility index (Phi) is 6.39. The van der Waals surface area contributed by atoms with Crippen LogP contribution >= 0.6 is 0 Å². The van der Waals surface area contributed by atoms with Crippen molar-refractivity contribution < 1.29 is 9.72 Å². The number of anilines is 1. The average Bonchev–Trinajstić information content (AvgIpc) is 2.92. The molecule has 1 saturated heterocycles. The molecule has 4 aromatic rings. The highest BCUT2D eigenvalue weighted by molar-refractivity contribution is 5.99. The number of hydrogen-bond acceptors (Lipinski definition) is 5. The lowest BCUT2D eigenvalue weighted by Crippen LogP contribution is -2.49. The maximum absolute atomic E-state index is 13.4. The van der Waals surface area contributed by atoms with Crippen molar-refractivity contribution in [2.75, 3.05) is 31.1 Å². The highest BCUT2D eigenvalue weighted by Crippen LogP contribution is 2.34. The van der Waals surface area contributed by atoms with Crippen LogP contribution in [0.4, 0.5) is 11.4 Å². The number of benzene rings is 3. The maximum atomic E-state index is 13.4. The van der Waals surface area contributed by atoms with E-state index >= 15 is 0 Å². The summed E-state index contributed by atoms with van der Waals surface area (Å²) in [5.41, 5.74) is 3.26. The Bertz CT molecular complexity index is 1300. The molecule has 1 fully saturated rings. The van der Waals surface area contributed by atoms with Crippen LogP contribution in [-0.4, -0.2) is 46.9 Å². The molecule has 176 valence electrons. The van der Waals surface area contributed by atoms with Gasteiger partial charge in [0.2, 0.25) is 5.91 Å². The van der Waals surface area contributed by atoms with Gasteiger partial charge in [-0.15, -0.1) is 0 Å². The highest BCUT2D eigenvalue weighted by atomic mass is 16.6. The first-order chi connectivity index (χ1) is 17.1. The maximum Gasteiger partial charge on any atom is 0.278 e. The Hall–Kier alpha value is -4.26. The van der Waals surface area contributed by atoms with Gasteiger partial charge in [0.25, 0.3) is 5.69 Å². The second-order valence-corrected chi connectivity index (χ2v) is 8.73. The smallest absolute Gasteiger partial charge is 0.278 e. The molecule has 0 spiro atoms. The van der Waals surface area contributed by atoms with Crippen molar-refractivity contribution in [1.29, 1.82) is 0 Å². The van der Waals surface area contributed by atoms with Crippen molar-refractivity contribution in [2.24, 2.45) is 0 Å². The first-order valence-electron chi connectivity index (χ1n) is 11.8. The molecule has 0 bridgehead atoms. The number of aromatic nitrogens is 1. The molecule has 5 rings (SSSR count). The second kappa shape index (κ2) is 9.93. The number of piperazine rings is 1. The quantitative estimate of drug-likeness (QED) is 0.295. The van der Waals surface area contributed by atoms with Crippen molar-refractivity contribution in [1.82, 2.24) is 9.88 Å². The predicted octanol–water partition coefficient (Wildman–Crippen LogP) is 5.01. The Morgan fingerprint density at radius 1 is 0.857 bits per heavy atom. The normalized spacial score (nSPS) is 13.9. The summed E-state index contributed by atoms with van der Waals surface area (Å²) in [5.74, 6) is 0.147. The molecule has 2 heterocycles. The van der Waals surface area contributed by atoms with Crippen LogP contribution in [0.15, 0.2) is 91.3 Å². The van der Waals surface area contributed by atoms with Crippen LogP contribution in [0, 0.1) is 10.1 Å². The monoisotopic (exact) mass is 466 g/mol. The lowest BCUT2D eigenvalue weighted by Gasteiger charge is -2.37. The minimum Gasteiger partial charge on any atom is -0.367 e. The van der Waals surface area contributed by atoms with Crippen molar-refractivity contribution >= 4 is 28.1 Å². The molecular formula is C28H26N4O3. The van der Waals surface area contributed by atoms with Crippen LogP contribution in [-0.2, 0) is 4.79 Å². The van der Waals surface area contributed by atoms with E-state index in [-0.39, 0.29) is 22.4 Å². The number of fused-ring (bicyclic) bond motifs is 1. The fraction of sp³-hybridized carbons (Fsp3) is 0.214. The summed E-state index contributed by atoms with van der Waals surface area (Å²) in [7, 11) is 0. The zero-order valence-electron chi connectivity index (χ0n) is 19.3. The molecule has 0 atom stereocenters. The zero-order valence-corrected chi connectivity index (χ0v) is 19.3. The summed E-state index contributed by atoms with van der Waals surface area (Å²) in [5, 5.41) is 12.8. The lowest BCUT2D eigenvalue weighted by atomic mass is 9.88. The van der Waals surface area contributed by atoms with Gasteiger partial charge in [0.05, 0.1) is 10.3 Å². The molecule has 0 aliphatic carbocycles. The molecule has 0 saturated carbocycles. The SMILES string of the molecule is O=C(CC(c1ccccc1)c1ccccc1)N1CCN(c2ccc([N+](=O)[O-])c3cnccc23)CC1. The number of hydrogen-bond donors (Lipinski definition) is 0. The summed E-state index contributed by atoms with van der Waals surface area (Å²) in [6.07, 6.45) is 3.62. The third kappa shape index (κ3) is 4.71. The minimum atomic E-state index is -0.375. The van der Waals surface area contributed by atoms with Crippen molar-refractivity contribution in [2.45, 2.75) is 12.3 Å². The van der Waals surface area contributed by atoms with Gasteiger partial charge in [-0.3, -0.25) is 19.9 Å². The van der Waals surface area contributed by atoms with Crippen LogP contribution in [0.5, 0.6) is 0 Å². The summed E-state index contributed by atoms with van der Waals surface area (Å²) in [4.78, 5) is 32.6. The van der Waals surface area contributed by atoms with Gasteiger partial charge in [0.1, 0.15) is 0 Å². The topological polar surface area (TPSA) is 79.6 Å². The van der Waals surface area contributed by atoms with Crippen LogP contribution in [0.3, 0.4) is 0 Å². The van der Waals surface area contributed by atoms with E-state index in [9.17, 15) is 14.9 Å². The number of nitro groups is 1. The number of rotatable bonds is 6. The fourth-order valence-corrected chi connectivity index (χ4v) is 4.89. The molecule has 1 amide bonds. The van der Waals surface area contributed by atoms with E-state index in [2.05, 4.69) is 34.1 Å². The van der Waals surface area contributed by atoms with Gasteiger partial charge in [-0.05, 0) is 23.3 Å². The zero-order chi connectivity index (χ0) is 24.2. The summed E-state index contributed by atoms with van der Waals surface area (Å²) in [6, 6.07) is 25.5. The summed E-state index contributed by atoms with van der Waals surface area (Å²) < 4.78 is 0. The first kappa shape index (κ1) is 22.5. The van der Waals surface area contributed by atoms with E-state index in [0.717, 1.165) is 22.2 Å². The Morgan fingerprint density at radius 2 is 1.49 bits per heavy atom. The fourth-order valence-electron chi connectivity index (χ4n) is 4.89. The van der Waals surface area contributed by atoms with Gasteiger partial charge < -0.3 is 9.80 Å². The molecule has 1 aliphatic heterocycles. The highest BCUT2D eigenvalue weighted by Gasteiger charge is 2.26. The van der Waals surface area contributed by atoms with Gasteiger partial charge in [-0.1, -0.05) is 60.7 Å². The Morgan fingerprint density at radius 3 is 2.09 bits per heavy atom. The van der Waals surface area contributed by atoms with E-state index in [4.69, 9.17) is 0 Å². The number of non-ortho nitro benzene ring substituents is 1. The minimum absolute atomic E-state index is 0.00838. The molecule has 0 N–H and O–H groups in total. The van der Waals surface area contributed by atoms with Crippen LogP contribution in [0.1, 0.15) is 23.5 Å². The molecule has 3 aromatic carbocycles. The Balaban J connectivity index is 1.31. The van der Waals surface area contributed by atoms with Crippen LogP contribution in [0.25, 0.3) is 10.8 Å². The van der Waals surface area contributed by atoms with E-state index in [1.165, 1.54) is 0 Å². The number of carbonyl (C=O) groups is 1. The van der Waals surface area contributed by atoms with Crippen molar-refractivity contribution in [3.63, 3.8) is 0 Å². The predicted molar refractivity (Wildman–Crippen MR) is 137 cm³/mol. The molecule has 0 radical (unpaired) electrons. The number of nitro benzene ring substituents is 1. The van der Waals surface area contributed by atoms with Gasteiger partial charge in [-0.25, -0.2) is 0 Å². The van der Waals surface area contributed by atoms with Gasteiger partial charge in [0.15, 0.2) is 0 Å². The second-order valence-electron chi connectivity index (χ2n) is 8.73. The van der Waals surface area contributed by atoms with E-state index in [0.29, 0.717) is 38.0 Å². The molecule has 7 nitrogen and oxygen atoms in total.